The fourth-order valence-electron chi connectivity index (χ4n) is 2.31. The summed E-state index contributed by atoms with van der Waals surface area (Å²) in [5, 5.41) is 4.52. The van der Waals surface area contributed by atoms with Crippen LogP contribution in [-0.4, -0.2) is 29.0 Å². The third-order valence-corrected chi connectivity index (χ3v) is 3.19. The number of carbonyl (C=O) groups excluding carboxylic acids is 1. The lowest BCUT2D eigenvalue weighted by Gasteiger charge is -2.15. The molecule has 0 aliphatic carbocycles. The summed E-state index contributed by atoms with van der Waals surface area (Å²) in [6.45, 7) is 3.48. The van der Waals surface area contributed by atoms with Crippen molar-refractivity contribution in [2.45, 2.75) is 19.9 Å². The molecule has 1 aromatic carbocycles. The Bertz CT molecular complexity index is 620. The predicted molar refractivity (Wildman–Crippen MR) is 73.7 cm³/mol. The van der Waals surface area contributed by atoms with Gasteiger partial charge in [0.05, 0.1) is 13.2 Å². The molecule has 2 heterocycles. The van der Waals surface area contributed by atoms with Gasteiger partial charge in [-0.15, -0.1) is 0 Å². The molecule has 1 aromatic heterocycles. The van der Waals surface area contributed by atoms with Gasteiger partial charge in [0.25, 0.3) is 0 Å². The third-order valence-electron chi connectivity index (χ3n) is 3.19. The second-order valence-electron chi connectivity index (χ2n) is 4.54. The predicted octanol–water partition coefficient (Wildman–Crippen LogP) is 2.51. The normalized spacial score (nSPS) is 13.4. The average Bonchev–Trinajstić information content (AvgIpc) is 2.88. The molecule has 0 bridgehead atoms. The summed E-state index contributed by atoms with van der Waals surface area (Å²) in [5.74, 6) is 0.142. The van der Waals surface area contributed by atoms with Crippen molar-refractivity contribution in [3.05, 3.63) is 35.9 Å². The Morgan fingerprint density at radius 1 is 1.40 bits per heavy atom. The number of esters is 1. The van der Waals surface area contributed by atoms with Gasteiger partial charge in [-0.2, -0.15) is 5.10 Å². The van der Waals surface area contributed by atoms with E-state index in [4.69, 9.17) is 9.47 Å². The fraction of sp³-hybridized carbons (Fsp3) is 0.333. The van der Waals surface area contributed by atoms with Crippen LogP contribution in [0.4, 0.5) is 0 Å². The molecule has 0 saturated carbocycles. The van der Waals surface area contributed by atoms with Crippen LogP contribution < -0.4 is 4.74 Å². The first kappa shape index (κ1) is 12.7. The fourth-order valence-corrected chi connectivity index (χ4v) is 2.31. The molecule has 1 aliphatic rings. The molecule has 0 N–H and O–H groups in total. The number of benzene rings is 1. The van der Waals surface area contributed by atoms with Crippen molar-refractivity contribution in [2.75, 3.05) is 13.2 Å². The highest BCUT2D eigenvalue weighted by Crippen LogP contribution is 2.33. The number of hydrogen-bond acceptors (Lipinski definition) is 4. The van der Waals surface area contributed by atoms with Crippen molar-refractivity contribution in [1.29, 1.82) is 0 Å². The maximum absolute atomic E-state index is 12.2. The summed E-state index contributed by atoms with van der Waals surface area (Å²) < 4.78 is 12.5. The molecular formula is C15H16N2O3. The Hall–Kier alpha value is -2.30. The maximum atomic E-state index is 12.2. The summed E-state index contributed by atoms with van der Waals surface area (Å²) >= 11 is 0. The summed E-state index contributed by atoms with van der Waals surface area (Å²) in [7, 11) is 0. The van der Waals surface area contributed by atoms with Gasteiger partial charge in [-0.1, -0.05) is 30.3 Å². The van der Waals surface area contributed by atoms with Crippen LogP contribution in [0.15, 0.2) is 30.3 Å². The molecular weight excluding hydrogens is 256 g/mol. The van der Waals surface area contributed by atoms with Crippen molar-refractivity contribution in [3.8, 4) is 17.1 Å². The van der Waals surface area contributed by atoms with Crippen LogP contribution >= 0.6 is 0 Å². The van der Waals surface area contributed by atoms with Crippen molar-refractivity contribution in [3.63, 3.8) is 0 Å². The van der Waals surface area contributed by atoms with Crippen LogP contribution in [-0.2, 0) is 11.3 Å². The number of aromatic nitrogens is 2. The Balaban J connectivity index is 2.13. The maximum Gasteiger partial charge on any atom is 0.345 e. The molecule has 3 rings (SSSR count). The number of fused-ring (bicyclic) bond motifs is 1. The Kier molecular flexibility index (Phi) is 3.41. The molecule has 0 radical (unpaired) electrons. The minimum absolute atomic E-state index is 0.331. The zero-order chi connectivity index (χ0) is 13.9. The SMILES string of the molecule is CCOC(=O)c1c(-c2ccccc2)nn2c1OCCC2. The van der Waals surface area contributed by atoms with Crippen LogP contribution in [0.1, 0.15) is 23.7 Å². The first-order chi connectivity index (χ1) is 9.81. The van der Waals surface area contributed by atoms with E-state index in [1.165, 1.54) is 0 Å². The van der Waals surface area contributed by atoms with Gasteiger partial charge >= 0.3 is 5.97 Å². The van der Waals surface area contributed by atoms with Crippen LogP contribution in [0.25, 0.3) is 11.3 Å². The molecule has 5 nitrogen and oxygen atoms in total. The molecule has 0 unspecified atom stereocenters. The van der Waals surface area contributed by atoms with Gasteiger partial charge < -0.3 is 9.47 Å². The molecule has 0 amide bonds. The van der Waals surface area contributed by atoms with E-state index < -0.39 is 0 Å². The lowest BCUT2D eigenvalue weighted by molar-refractivity contribution is 0.0520. The van der Waals surface area contributed by atoms with E-state index >= 15 is 0 Å². The van der Waals surface area contributed by atoms with Crippen molar-refractivity contribution in [1.82, 2.24) is 9.78 Å². The summed E-state index contributed by atoms with van der Waals surface area (Å²) in [4.78, 5) is 12.2. The number of aryl methyl sites for hydroxylation is 1. The lowest BCUT2D eigenvalue weighted by atomic mass is 10.1. The number of carbonyl (C=O) groups is 1. The molecule has 0 fully saturated rings. The molecule has 104 valence electrons. The Morgan fingerprint density at radius 2 is 2.20 bits per heavy atom. The minimum atomic E-state index is -0.380. The van der Waals surface area contributed by atoms with E-state index in [-0.39, 0.29) is 5.97 Å². The Morgan fingerprint density at radius 3 is 2.95 bits per heavy atom. The second kappa shape index (κ2) is 5.36. The highest BCUT2D eigenvalue weighted by Gasteiger charge is 2.28. The average molecular weight is 272 g/mol. The van der Waals surface area contributed by atoms with E-state index in [1.807, 2.05) is 30.3 Å². The number of rotatable bonds is 3. The minimum Gasteiger partial charge on any atom is -0.477 e. The van der Waals surface area contributed by atoms with Crippen LogP contribution in [0.5, 0.6) is 5.88 Å². The summed E-state index contributed by atoms with van der Waals surface area (Å²) in [6, 6.07) is 9.63. The Labute approximate surface area is 117 Å². The third kappa shape index (κ3) is 2.15. The second-order valence-corrected chi connectivity index (χ2v) is 4.54. The standard InChI is InChI=1S/C15H16N2O3/c1-2-19-15(18)12-13(11-7-4-3-5-8-11)16-17-9-6-10-20-14(12)17/h3-5,7-8H,2,6,9-10H2,1H3. The van der Waals surface area contributed by atoms with Crippen LogP contribution in [0, 0.1) is 0 Å². The van der Waals surface area contributed by atoms with E-state index in [9.17, 15) is 4.79 Å². The van der Waals surface area contributed by atoms with Crippen LogP contribution in [0.3, 0.4) is 0 Å². The van der Waals surface area contributed by atoms with Gasteiger partial charge in [-0.25, -0.2) is 9.48 Å². The highest BCUT2D eigenvalue weighted by atomic mass is 16.5. The topological polar surface area (TPSA) is 53.3 Å². The van der Waals surface area contributed by atoms with Gasteiger partial charge in [-0.05, 0) is 6.92 Å². The van der Waals surface area contributed by atoms with Crippen molar-refractivity contribution < 1.29 is 14.3 Å². The molecule has 2 aromatic rings. The van der Waals surface area contributed by atoms with Crippen LogP contribution in [0.2, 0.25) is 0 Å². The first-order valence-corrected chi connectivity index (χ1v) is 6.77. The molecule has 0 saturated heterocycles. The van der Waals surface area contributed by atoms with Gasteiger partial charge in [0.2, 0.25) is 5.88 Å². The molecule has 0 spiro atoms. The van der Waals surface area contributed by atoms with Gasteiger partial charge in [-0.3, -0.25) is 0 Å². The monoisotopic (exact) mass is 272 g/mol. The molecule has 20 heavy (non-hydrogen) atoms. The van der Waals surface area contributed by atoms with E-state index in [2.05, 4.69) is 5.10 Å². The molecule has 5 heteroatoms. The number of ether oxygens (including phenoxy) is 2. The quantitative estimate of drug-likeness (QED) is 0.806. The zero-order valence-corrected chi connectivity index (χ0v) is 11.3. The zero-order valence-electron chi connectivity index (χ0n) is 11.3. The summed E-state index contributed by atoms with van der Waals surface area (Å²) in [5.41, 5.74) is 1.94. The van der Waals surface area contributed by atoms with E-state index in [0.717, 1.165) is 18.5 Å². The van der Waals surface area contributed by atoms with Gasteiger partial charge in [0.15, 0.2) is 0 Å². The molecule has 1 aliphatic heterocycles. The number of hydrogen-bond donors (Lipinski definition) is 0. The van der Waals surface area contributed by atoms with Crippen molar-refractivity contribution in [2.24, 2.45) is 0 Å². The number of nitrogens with zero attached hydrogens (tertiary/aromatic N) is 2. The van der Waals surface area contributed by atoms with Crippen molar-refractivity contribution >= 4 is 5.97 Å². The summed E-state index contributed by atoms with van der Waals surface area (Å²) in [6.07, 6.45) is 0.894. The lowest BCUT2D eigenvalue weighted by Crippen LogP contribution is -2.16. The van der Waals surface area contributed by atoms with Gasteiger partial charge in [0.1, 0.15) is 11.3 Å². The largest absolute Gasteiger partial charge is 0.477 e. The highest BCUT2D eigenvalue weighted by molar-refractivity contribution is 5.98. The van der Waals surface area contributed by atoms with Gasteiger partial charge in [0, 0.05) is 18.5 Å². The molecule has 0 atom stereocenters. The van der Waals surface area contributed by atoms with E-state index in [1.54, 1.807) is 11.6 Å². The smallest absolute Gasteiger partial charge is 0.345 e. The van der Waals surface area contributed by atoms with E-state index in [0.29, 0.717) is 30.4 Å². The first-order valence-electron chi connectivity index (χ1n) is 6.77.